The van der Waals surface area contributed by atoms with E-state index >= 15 is 0 Å². The molecule has 0 saturated carbocycles. The molecule has 169 valence electrons. The molecule has 4 rings (SSSR count). The maximum atomic E-state index is 8.56. The predicted octanol–water partition coefficient (Wildman–Crippen LogP) is 5.52. The van der Waals surface area contributed by atoms with Crippen molar-refractivity contribution in [2.24, 2.45) is 0 Å². The second-order valence-corrected chi connectivity index (χ2v) is 7.90. The van der Waals surface area contributed by atoms with Gasteiger partial charge in [0, 0.05) is 37.7 Å². The number of hydrogen-bond acceptors (Lipinski definition) is 4. The minimum atomic E-state index is -0.375. The Kier molecular flexibility index (Phi) is 9.67. The van der Waals surface area contributed by atoms with Gasteiger partial charge in [-0.1, -0.05) is 53.6 Å². The van der Waals surface area contributed by atoms with Crippen molar-refractivity contribution >= 4 is 10.8 Å². The first-order valence-electron chi connectivity index (χ1n) is 10.5. The molecule has 0 bridgehead atoms. The molecule has 4 nitrogen and oxygen atoms in total. The van der Waals surface area contributed by atoms with Gasteiger partial charge in [-0.3, -0.25) is 4.98 Å². The largest absolute Gasteiger partial charge is 0.393 e. The van der Waals surface area contributed by atoms with Crippen molar-refractivity contribution in [3.63, 3.8) is 0 Å². The SMILES string of the molecule is CC(O)CC(C)O.Cc1cnc(-c2[c-]cc(-c3cccc4ccccc34)cc2)c(C)n1.[Ir]. The molecule has 0 spiro atoms. The van der Waals surface area contributed by atoms with Crippen LogP contribution < -0.4 is 0 Å². The van der Waals surface area contributed by atoms with Gasteiger partial charge < -0.3 is 15.2 Å². The van der Waals surface area contributed by atoms with E-state index in [0.29, 0.717) is 6.42 Å². The van der Waals surface area contributed by atoms with Crippen LogP contribution in [0.5, 0.6) is 0 Å². The van der Waals surface area contributed by atoms with Crippen LogP contribution in [0.2, 0.25) is 0 Å². The van der Waals surface area contributed by atoms with Gasteiger partial charge in [0.05, 0.1) is 17.9 Å². The van der Waals surface area contributed by atoms with Crippen LogP contribution in [0.25, 0.3) is 33.2 Å². The molecule has 0 fully saturated rings. The summed E-state index contributed by atoms with van der Waals surface area (Å²) in [5.74, 6) is 0. The van der Waals surface area contributed by atoms with Crippen LogP contribution in [0.15, 0.2) is 66.9 Å². The average Bonchev–Trinajstić information content (AvgIpc) is 2.73. The van der Waals surface area contributed by atoms with Gasteiger partial charge >= 0.3 is 0 Å². The number of nitrogens with zero attached hydrogens (tertiary/aromatic N) is 2. The summed E-state index contributed by atoms with van der Waals surface area (Å²) in [6.07, 6.45) is 1.52. The van der Waals surface area contributed by atoms with Gasteiger partial charge in [0.25, 0.3) is 0 Å². The van der Waals surface area contributed by atoms with Crippen molar-refractivity contribution in [1.29, 1.82) is 0 Å². The van der Waals surface area contributed by atoms with Gasteiger partial charge in [-0.25, -0.2) is 0 Å². The molecule has 1 radical (unpaired) electrons. The predicted molar refractivity (Wildman–Crippen MR) is 127 cm³/mol. The molecule has 0 saturated heterocycles. The van der Waals surface area contributed by atoms with Gasteiger partial charge in [0.15, 0.2) is 0 Å². The second kappa shape index (κ2) is 12.0. The molecule has 0 aliphatic heterocycles. The van der Waals surface area contributed by atoms with Gasteiger partial charge in [-0.2, -0.15) is 0 Å². The van der Waals surface area contributed by atoms with E-state index in [1.54, 1.807) is 20.0 Å². The van der Waals surface area contributed by atoms with Crippen molar-refractivity contribution < 1.29 is 30.3 Å². The third-order valence-corrected chi connectivity index (χ3v) is 4.92. The molecular weight excluding hydrogens is 577 g/mol. The zero-order valence-corrected chi connectivity index (χ0v) is 21.2. The summed E-state index contributed by atoms with van der Waals surface area (Å²) in [5, 5.41) is 19.6. The smallest absolute Gasteiger partial charge is 0.0539 e. The van der Waals surface area contributed by atoms with Crippen LogP contribution in [0.4, 0.5) is 0 Å². The summed E-state index contributed by atoms with van der Waals surface area (Å²) >= 11 is 0. The van der Waals surface area contributed by atoms with Crippen LogP contribution in [-0.4, -0.2) is 32.4 Å². The Bertz CT molecular complexity index is 1130. The fourth-order valence-electron chi connectivity index (χ4n) is 3.57. The van der Waals surface area contributed by atoms with Gasteiger partial charge in [-0.05, 0) is 44.9 Å². The standard InChI is InChI=1S/C22H17N2.C5H12O2.Ir/c1-15-14-23-22(16(2)24-15)19-12-10-18(11-13-19)21-9-5-7-17-6-3-4-8-20(17)21;1-4(6)3-5(2)7;/h3-12,14H,1-2H3;4-7H,3H2,1-2H3;/q-1;;. The van der Waals surface area contributed by atoms with E-state index < -0.39 is 0 Å². The molecule has 2 unspecified atom stereocenters. The van der Waals surface area contributed by atoms with E-state index in [1.165, 1.54) is 16.3 Å². The van der Waals surface area contributed by atoms with Crippen molar-refractivity contribution in [2.45, 2.75) is 46.3 Å². The molecule has 2 atom stereocenters. The number of hydrogen-bond donors (Lipinski definition) is 2. The van der Waals surface area contributed by atoms with E-state index in [0.717, 1.165) is 28.2 Å². The average molecular weight is 606 g/mol. The molecule has 32 heavy (non-hydrogen) atoms. The molecule has 4 aromatic rings. The van der Waals surface area contributed by atoms with E-state index in [4.69, 9.17) is 10.2 Å². The molecular formula is C27H29IrN2O2-. The Hall–Kier alpha value is -2.43. The molecule has 1 aromatic heterocycles. The molecule has 0 aliphatic carbocycles. The fraction of sp³-hybridized carbons (Fsp3) is 0.259. The third kappa shape index (κ3) is 6.78. The van der Waals surface area contributed by atoms with Crippen molar-refractivity contribution in [3.8, 4) is 22.4 Å². The third-order valence-electron chi connectivity index (χ3n) is 4.92. The number of aromatic nitrogens is 2. The van der Waals surface area contributed by atoms with E-state index in [9.17, 15) is 0 Å². The number of aliphatic hydroxyl groups excluding tert-OH is 2. The van der Waals surface area contributed by atoms with Crippen LogP contribution >= 0.6 is 0 Å². The normalized spacial score (nSPS) is 12.3. The maximum absolute atomic E-state index is 8.56. The number of fused-ring (bicyclic) bond motifs is 1. The number of benzene rings is 3. The van der Waals surface area contributed by atoms with Crippen molar-refractivity contribution in [1.82, 2.24) is 9.97 Å². The monoisotopic (exact) mass is 606 g/mol. The molecule has 2 N–H and O–H groups in total. The zero-order valence-electron chi connectivity index (χ0n) is 18.8. The summed E-state index contributed by atoms with van der Waals surface area (Å²) < 4.78 is 0. The number of aliphatic hydroxyl groups is 2. The maximum Gasteiger partial charge on any atom is 0.0539 e. The number of rotatable bonds is 4. The molecule has 5 heteroatoms. The van der Waals surface area contributed by atoms with Gasteiger partial charge in [-0.15, -0.1) is 29.8 Å². The van der Waals surface area contributed by atoms with Gasteiger partial charge in [0.2, 0.25) is 0 Å². The van der Waals surface area contributed by atoms with E-state index in [2.05, 4.69) is 70.6 Å². The van der Waals surface area contributed by atoms with Gasteiger partial charge in [0.1, 0.15) is 0 Å². The minimum absolute atomic E-state index is 0. The zero-order chi connectivity index (χ0) is 22.4. The molecule has 1 heterocycles. The van der Waals surface area contributed by atoms with Crippen LogP contribution in [0.1, 0.15) is 31.7 Å². The topological polar surface area (TPSA) is 66.2 Å². The first kappa shape index (κ1) is 25.8. The Balaban J connectivity index is 0.000000398. The molecule has 0 amide bonds. The van der Waals surface area contributed by atoms with E-state index in [1.807, 2.05) is 19.9 Å². The van der Waals surface area contributed by atoms with Crippen molar-refractivity contribution in [2.75, 3.05) is 0 Å². The molecule has 3 aromatic carbocycles. The Morgan fingerprint density at radius 1 is 0.906 bits per heavy atom. The summed E-state index contributed by atoms with van der Waals surface area (Å²) in [7, 11) is 0. The Morgan fingerprint density at radius 3 is 2.19 bits per heavy atom. The minimum Gasteiger partial charge on any atom is -0.393 e. The van der Waals surface area contributed by atoms with E-state index in [-0.39, 0.29) is 32.3 Å². The number of aryl methyl sites for hydroxylation is 2. The molecule has 0 aliphatic rings. The van der Waals surface area contributed by atoms with Crippen molar-refractivity contribution in [3.05, 3.63) is 84.3 Å². The fourth-order valence-corrected chi connectivity index (χ4v) is 3.57. The van der Waals surface area contributed by atoms with Crippen LogP contribution in [0.3, 0.4) is 0 Å². The summed E-state index contributed by atoms with van der Waals surface area (Å²) in [4.78, 5) is 9.00. The second-order valence-electron chi connectivity index (χ2n) is 7.90. The first-order valence-corrected chi connectivity index (χ1v) is 10.5. The summed E-state index contributed by atoms with van der Waals surface area (Å²) in [5.41, 5.74) is 6.12. The van der Waals surface area contributed by atoms with Crippen LogP contribution in [-0.2, 0) is 20.1 Å². The summed E-state index contributed by atoms with van der Waals surface area (Å²) in [6, 6.07) is 24.5. The summed E-state index contributed by atoms with van der Waals surface area (Å²) in [6.45, 7) is 7.26. The Labute approximate surface area is 203 Å². The van der Waals surface area contributed by atoms with Crippen LogP contribution in [0, 0.1) is 19.9 Å². The first-order chi connectivity index (χ1) is 14.8. The Morgan fingerprint density at radius 2 is 1.59 bits per heavy atom. The quantitative estimate of drug-likeness (QED) is 0.301.